The second kappa shape index (κ2) is 4.70. The van der Waals surface area contributed by atoms with E-state index >= 15 is 0 Å². The first-order valence-electron chi connectivity index (χ1n) is 5.78. The SMILES string of the molecule is CCC1CSC(C2CCCCC2)N1. The number of rotatable bonds is 2. The molecule has 13 heavy (non-hydrogen) atoms. The Morgan fingerprint density at radius 3 is 2.62 bits per heavy atom. The van der Waals surface area contributed by atoms with Crippen LogP contribution in [0.5, 0.6) is 0 Å². The average Bonchev–Trinajstić information content (AvgIpc) is 2.67. The molecule has 2 unspecified atom stereocenters. The van der Waals surface area contributed by atoms with Crippen LogP contribution in [-0.4, -0.2) is 17.2 Å². The molecule has 1 aliphatic carbocycles. The van der Waals surface area contributed by atoms with Gasteiger partial charge < -0.3 is 5.32 Å². The van der Waals surface area contributed by atoms with Gasteiger partial charge in [-0.05, 0) is 25.2 Å². The molecule has 0 spiro atoms. The summed E-state index contributed by atoms with van der Waals surface area (Å²) < 4.78 is 0. The van der Waals surface area contributed by atoms with Crippen molar-refractivity contribution in [1.29, 1.82) is 0 Å². The maximum atomic E-state index is 3.77. The molecule has 1 saturated heterocycles. The minimum atomic E-state index is 0.797. The molecule has 76 valence electrons. The molecule has 1 aliphatic heterocycles. The number of nitrogens with one attached hydrogen (secondary N) is 1. The molecule has 0 radical (unpaired) electrons. The molecule has 0 aromatic carbocycles. The van der Waals surface area contributed by atoms with Gasteiger partial charge in [0.15, 0.2) is 0 Å². The second-order valence-corrected chi connectivity index (χ2v) is 5.60. The molecule has 2 fully saturated rings. The lowest BCUT2D eigenvalue weighted by Gasteiger charge is -2.27. The molecule has 2 atom stereocenters. The van der Waals surface area contributed by atoms with Crippen molar-refractivity contribution < 1.29 is 0 Å². The summed E-state index contributed by atoms with van der Waals surface area (Å²) in [6.45, 7) is 2.29. The molecule has 0 aromatic rings. The summed E-state index contributed by atoms with van der Waals surface area (Å²) in [7, 11) is 0. The van der Waals surface area contributed by atoms with Gasteiger partial charge in [-0.1, -0.05) is 26.2 Å². The maximum Gasteiger partial charge on any atom is 0.0563 e. The highest BCUT2D eigenvalue weighted by molar-refractivity contribution is 8.00. The van der Waals surface area contributed by atoms with E-state index in [1.54, 1.807) is 0 Å². The van der Waals surface area contributed by atoms with Crippen molar-refractivity contribution in [2.75, 3.05) is 5.75 Å². The summed E-state index contributed by atoms with van der Waals surface area (Å²) in [6, 6.07) is 0.803. The Kier molecular flexibility index (Phi) is 3.56. The number of thioether (sulfide) groups is 1. The van der Waals surface area contributed by atoms with Crippen LogP contribution in [0.3, 0.4) is 0 Å². The number of hydrogen-bond donors (Lipinski definition) is 1. The quantitative estimate of drug-likeness (QED) is 0.733. The Labute approximate surface area is 86.0 Å². The normalized spacial score (nSPS) is 36.7. The van der Waals surface area contributed by atoms with Gasteiger partial charge in [-0.15, -0.1) is 11.8 Å². The van der Waals surface area contributed by atoms with Crippen molar-refractivity contribution >= 4 is 11.8 Å². The van der Waals surface area contributed by atoms with Crippen molar-refractivity contribution in [3.8, 4) is 0 Å². The van der Waals surface area contributed by atoms with Crippen LogP contribution in [0.1, 0.15) is 45.4 Å². The Morgan fingerprint density at radius 1 is 1.23 bits per heavy atom. The zero-order chi connectivity index (χ0) is 9.10. The third kappa shape index (κ3) is 2.41. The molecule has 0 bridgehead atoms. The van der Waals surface area contributed by atoms with Crippen molar-refractivity contribution in [2.45, 2.75) is 56.9 Å². The molecule has 2 rings (SSSR count). The molecule has 2 aliphatic rings. The van der Waals surface area contributed by atoms with Crippen molar-refractivity contribution in [3.63, 3.8) is 0 Å². The maximum absolute atomic E-state index is 3.77. The topological polar surface area (TPSA) is 12.0 Å². The summed E-state index contributed by atoms with van der Waals surface area (Å²) in [4.78, 5) is 0. The highest BCUT2D eigenvalue weighted by Crippen LogP contribution is 2.34. The Bertz CT molecular complexity index is 154. The molecule has 1 N–H and O–H groups in total. The molecule has 0 amide bonds. The van der Waals surface area contributed by atoms with E-state index < -0.39 is 0 Å². The van der Waals surface area contributed by atoms with Crippen LogP contribution in [0.25, 0.3) is 0 Å². The minimum Gasteiger partial charge on any atom is -0.301 e. The van der Waals surface area contributed by atoms with Gasteiger partial charge in [0, 0.05) is 11.8 Å². The lowest BCUT2D eigenvalue weighted by molar-refractivity contribution is 0.319. The predicted molar refractivity (Wildman–Crippen MR) is 60.0 cm³/mol. The molecule has 1 heterocycles. The monoisotopic (exact) mass is 199 g/mol. The van der Waals surface area contributed by atoms with Crippen molar-refractivity contribution in [3.05, 3.63) is 0 Å². The summed E-state index contributed by atoms with van der Waals surface area (Å²) in [5.41, 5.74) is 0. The van der Waals surface area contributed by atoms with Gasteiger partial charge in [-0.3, -0.25) is 0 Å². The Balaban J connectivity index is 1.80. The molecule has 0 aromatic heterocycles. The van der Waals surface area contributed by atoms with E-state index in [2.05, 4.69) is 24.0 Å². The predicted octanol–water partition coefficient (Wildman–Crippen LogP) is 3.01. The fourth-order valence-electron chi connectivity index (χ4n) is 2.49. The van der Waals surface area contributed by atoms with Gasteiger partial charge in [0.2, 0.25) is 0 Å². The van der Waals surface area contributed by atoms with Gasteiger partial charge in [0.05, 0.1) is 5.37 Å². The lowest BCUT2D eigenvalue weighted by Crippen LogP contribution is -2.35. The first-order valence-corrected chi connectivity index (χ1v) is 6.82. The minimum absolute atomic E-state index is 0.797. The first-order chi connectivity index (χ1) is 6.40. The van der Waals surface area contributed by atoms with Crippen LogP contribution < -0.4 is 5.32 Å². The Hall–Kier alpha value is 0.310. The van der Waals surface area contributed by atoms with Crippen LogP contribution >= 0.6 is 11.8 Å². The molecule has 1 saturated carbocycles. The standard InChI is InChI=1S/C11H21NS/c1-2-10-8-13-11(12-10)9-6-4-3-5-7-9/h9-12H,2-8H2,1H3. The summed E-state index contributed by atoms with van der Waals surface area (Å²) >= 11 is 2.17. The van der Waals surface area contributed by atoms with Crippen LogP contribution in [0.4, 0.5) is 0 Å². The van der Waals surface area contributed by atoms with Gasteiger partial charge in [0.1, 0.15) is 0 Å². The fraction of sp³-hybridized carbons (Fsp3) is 1.00. The van der Waals surface area contributed by atoms with E-state index in [9.17, 15) is 0 Å². The third-order valence-electron chi connectivity index (χ3n) is 3.45. The highest BCUT2D eigenvalue weighted by Gasteiger charge is 2.30. The lowest BCUT2D eigenvalue weighted by atomic mass is 9.89. The zero-order valence-electron chi connectivity index (χ0n) is 8.59. The van der Waals surface area contributed by atoms with E-state index in [0.717, 1.165) is 17.3 Å². The summed E-state index contributed by atoms with van der Waals surface area (Å²) in [6.07, 6.45) is 8.67. The number of hydrogen-bond acceptors (Lipinski definition) is 2. The van der Waals surface area contributed by atoms with E-state index in [1.807, 2.05) is 0 Å². The van der Waals surface area contributed by atoms with Gasteiger partial charge in [-0.25, -0.2) is 0 Å². The van der Waals surface area contributed by atoms with E-state index in [0.29, 0.717) is 0 Å². The van der Waals surface area contributed by atoms with E-state index in [-0.39, 0.29) is 0 Å². The van der Waals surface area contributed by atoms with Crippen LogP contribution in [0, 0.1) is 5.92 Å². The zero-order valence-corrected chi connectivity index (χ0v) is 9.41. The molecular formula is C11H21NS. The summed E-state index contributed by atoms with van der Waals surface area (Å²) in [5, 5.41) is 4.57. The van der Waals surface area contributed by atoms with Gasteiger partial charge in [-0.2, -0.15) is 0 Å². The summed E-state index contributed by atoms with van der Waals surface area (Å²) in [5.74, 6) is 2.33. The third-order valence-corrected chi connectivity index (χ3v) is 4.92. The van der Waals surface area contributed by atoms with Gasteiger partial charge in [0.25, 0.3) is 0 Å². The second-order valence-electron chi connectivity index (χ2n) is 4.42. The van der Waals surface area contributed by atoms with E-state index in [4.69, 9.17) is 0 Å². The molecule has 2 heteroatoms. The van der Waals surface area contributed by atoms with Gasteiger partial charge >= 0.3 is 0 Å². The van der Waals surface area contributed by atoms with E-state index in [1.165, 1.54) is 44.3 Å². The van der Waals surface area contributed by atoms with Crippen molar-refractivity contribution in [2.24, 2.45) is 5.92 Å². The van der Waals surface area contributed by atoms with Crippen LogP contribution in [-0.2, 0) is 0 Å². The largest absolute Gasteiger partial charge is 0.301 e. The molecular weight excluding hydrogens is 178 g/mol. The van der Waals surface area contributed by atoms with Crippen LogP contribution in [0.15, 0.2) is 0 Å². The highest BCUT2D eigenvalue weighted by atomic mass is 32.2. The Morgan fingerprint density at radius 2 is 2.00 bits per heavy atom. The molecule has 1 nitrogen and oxygen atoms in total. The van der Waals surface area contributed by atoms with Crippen LogP contribution in [0.2, 0.25) is 0 Å². The van der Waals surface area contributed by atoms with Crippen molar-refractivity contribution in [1.82, 2.24) is 5.32 Å². The first kappa shape index (κ1) is 9.85. The fourth-order valence-corrected chi connectivity index (χ4v) is 4.10. The smallest absolute Gasteiger partial charge is 0.0563 e. The average molecular weight is 199 g/mol.